The van der Waals surface area contributed by atoms with E-state index < -0.39 is 0 Å². The van der Waals surface area contributed by atoms with E-state index in [2.05, 4.69) is 56.8 Å². The Morgan fingerprint density at radius 3 is 2.29 bits per heavy atom. The molecular weight excluding hydrogens is 168 g/mol. The van der Waals surface area contributed by atoms with Crippen molar-refractivity contribution < 1.29 is 0 Å². The minimum Gasteiger partial charge on any atom is -0.0998 e. The lowest BCUT2D eigenvalue weighted by Crippen LogP contribution is -1.87. The van der Waals surface area contributed by atoms with Gasteiger partial charge >= 0.3 is 0 Å². The van der Waals surface area contributed by atoms with Gasteiger partial charge in [-0.25, -0.2) is 0 Å². The second-order valence-electron chi connectivity index (χ2n) is 3.72. The summed E-state index contributed by atoms with van der Waals surface area (Å²) in [7, 11) is 0. The Morgan fingerprint density at radius 2 is 1.79 bits per heavy atom. The van der Waals surface area contributed by atoms with Crippen molar-refractivity contribution in [3.05, 3.63) is 59.7 Å². The number of hydrogen-bond acceptors (Lipinski definition) is 0. The Hall–Kier alpha value is -1.30. The third-order valence-corrected chi connectivity index (χ3v) is 2.12. The summed E-state index contributed by atoms with van der Waals surface area (Å²) < 4.78 is 0. The fourth-order valence-electron chi connectivity index (χ4n) is 1.40. The summed E-state index contributed by atoms with van der Waals surface area (Å²) in [6.45, 7) is 8.03. The maximum atomic E-state index is 3.91. The number of benzene rings is 1. The molecule has 1 aromatic rings. The third-order valence-electron chi connectivity index (χ3n) is 2.12. The van der Waals surface area contributed by atoms with Gasteiger partial charge in [0.2, 0.25) is 0 Å². The smallest absolute Gasteiger partial charge is 0.00726 e. The van der Waals surface area contributed by atoms with E-state index in [1.54, 1.807) is 0 Å². The van der Waals surface area contributed by atoms with Crippen molar-refractivity contribution in [3.63, 3.8) is 0 Å². The van der Waals surface area contributed by atoms with Gasteiger partial charge in [-0.15, -0.1) is 0 Å². The molecule has 0 atom stereocenters. The number of hydrogen-bond donors (Lipinski definition) is 0. The van der Waals surface area contributed by atoms with Gasteiger partial charge in [-0.3, -0.25) is 0 Å². The molecule has 0 aliphatic rings. The van der Waals surface area contributed by atoms with Crippen LogP contribution in [-0.2, 0) is 12.8 Å². The predicted octanol–water partition coefficient (Wildman–Crippen LogP) is 3.92. The molecule has 1 rings (SSSR count). The molecule has 0 radical (unpaired) electrons. The van der Waals surface area contributed by atoms with Crippen molar-refractivity contribution in [2.24, 2.45) is 0 Å². The Kier molecular flexibility index (Phi) is 4.18. The minimum atomic E-state index is 0.990. The molecule has 0 aliphatic heterocycles. The summed E-state index contributed by atoms with van der Waals surface area (Å²) in [5.41, 5.74) is 3.93. The lowest BCUT2D eigenvalue weighted by Gasteiger charge is -2.01. The molecule has 0 heteroatoms. The zero-order chi connectivity index (χ0) is 10.4. The van der Waals surface area contributed by atoms with E-state index in [4.69, 9.17) is 0 Å². The first kappa shape index (κ1) is 10.8. The Balaban J connectivity index is 2.63. The van der Waals surface area contributed by atoms with Crippen LogP contribution in [0.3, 0.4) is 0 Å². The lowest BCUT2D eigenvalue weighted by atomic mass is 10.0. The molecule has 0 fully saturated rings. The molecule has 0 bridgehead atoms. The van der Waals surface area contributed by atoms with E-state index in [0.717, 1.165) is 12.8 Å². The van der Waals surface area contributed by atoms with Crippen LogP contribution in [0.5, 0.6) is 0 Å². The molecule has 0 N–H and O–H groups in total. The van der Waals surface area contributed by atoms with Crippen LogP contribution >= 0.6 is 0 Å². The maximum absolute atomic E-state index is 3.91. The van der Waals surface area contributed by atoms with Gasteiger partial charge in [-0.2, -0.15) is 0 Å². The van der Waals surface area contributed by atoms with Crippen molar-refractivity contribution >= 4 is 0 Å². The Morgan fingerprint density at radius 1 is 1.21 bits per heavy atom. The van der Waals surface area contributed by atoms with Gasteiger partial charge in [0.05, 0.1) is 0 Å². The predicted molar refractivity (Wildman–Crippen MR) is 63.5 cm³/mol. The van der Waals surface area contributed by atoms with Crippen LogP contribution in [0.15, 0.2) is 48.6 Å². The van der Waals surface area contributed by atoms with E-state index in [-0.39, 0.29) is 0 Å². The highest BCUT2D eigenvalue weighted by Gasteiger charge is 1.93. The molecule has 0 aromatic heterocycles. The van der Waals surface area contributed by atoms with Crippen LogP contribution in [0.25, 0.3) is 0 Å². The van der Waals surface area contributed by atoms with Crippen LogP contribution in [-0.4, -0.2) is 0 Å². The first-order valence-electron chi connectivity index (χ1n) is 5.05. The highest BCUT2D eigenvalue weighted by atomic mass is 14.0. The lowest BCUT2D eigenvalue weighted by molar-refractivity contribution is 1.14. The van der Waals surface area contributed by atoms with Crippen LogP contribution in [0.1, 0.15) is 25.0 Å². The van der Waals surface area contributed by atoms with Crippen molar-refractivity contribution in [3.8, 4) is 0 Å². The zero-order valence-electron chi connectivity index (χ0n) is 9.09. The molecule has 1 aromatic carbocycles. The highest BCUT2D eigenvalue weighted by Crippen LogP contribution is 2.09. The summed E-state index contributed by atoms with van der Waals surface area (Å²) in [6, 6.07) is 8.76. The number of rotatable bonds is 4. The Bertz CT molecular complexity index is 314. The van der Waals surface area contributed by atoms with Crippen molar-refractivity contribution in [2.45, 2.75) is 26.7 Å². The topological polar surface area (TPSA) is 0 Å². The van der Waals surface area contributed by atoms with Crippen molar-refractivity contribution in [1.82, 2.24) is 0 Å². The van der Waals surface area contributed by atoms with Gasteiger partial charge in [0, 0.05) is 0 Å². The molecule has 0 amide bonds. The quantitative estimate of drug-likeness (QED) is 0.625. The first-order valence-corrected chi connectivity index (χ1v) is 5.05. The summed E-state index contributed by atoms with van der Waals surface area (Å²) in [6.07, 6.45) is 6.28. The first-order chi connectivity index (χ1) is 6.72. The van der Waals surface area contributed by atoms with E-state index in [1.807, 2.05) is 0 Å². The van der Waals surface area contributed by atoms with Gasteiger partial charge in [0.25, 0.3) is 0 Å². The fraction of sp³-hybridized carbons (Fsp3) is 0.286. The average Bonchev–Trinajstić information content (AvgIpc) is 2.16. The standard InChI is InChI=1S/C14H18/c1-4-5-6-13-7-9-14(10-8-13)11-12(2)3/h4-5,7-10H,2,6,11H2,1,3H3. The minimum absolute atomic E-state index is 0.990. The van der Waals surface area contributed by atoms with Gasteiger partial charge in [0.1, 0.15) is 0 Å². The molecule has 74 valence electrons. The SMILES string of the molecule is C=C(C)Cc1ccc(CC=CC)cc1. The van der Waals surface area contributed by atoms with Crippen LogP contribution in [0.2, 0.25) is 0 Å². The summed E-state index contributed by atoms with van der Waals surface area (Å²) >= 11 is 0. The van der Waals surface area contributed by atoms with E-state index in [1.165, 1.54) is 16.7 Å². The zero-order valence-corrected chi connectivity index (χ0v) is 9.09. The van der Waals surface area contributed by atoms with Crippen LogP contribution in [0, 0.1) is 0 Å². The molecule has 0 unspecified atom stereocenters. The third kappa shape index (κ3) is 3.61. The van der Waals surface area contributed by atoms with E-state index in [9.17, 15) is 0 Å². The van der Waals surface area contributed by atoms with E-state index in [0.29, 0.717) is 0 Å². The summed E-state index contributed by atoms with van der Waals surface area (Å²) in [5.74, 6) is 0. The van der Waals surface area contributed by atoms with Crippen LogP contribution in [0.4, 0.5) is 0 Å². The molecular formula is C14H18. The highest BCUT2D eigenvalue weighted by molar-refractivity contribution is 5.26. The van der Waals surface area contributed by atoms with E-state index >= 15 is 0 Å². The summed E-state index contributed by atoms with van der Waals surface area (Å²) in [5, 5.41) is 0. The van der Waals surface area contributed by atoms with Gasteiger partial charge in [-0.05, 0) is 37.8 Å². The van der Waals surface area contributed by atoms with Crippen molar-refractivity contribution in [1.29, 1.82) is 0 Å². The van der Waals surface area contributed by atoms with Gasteiger partial charge in [0.15, 0.2) is 0 Å². The van der Waals surface area contributed by atoms with Gasteiger partial charge in [-0.1, -0.05) is 48.6 Å². The maximum Gasteiger partial charge on any atom is -0.00726 e. The fourth-order valence-corrected chi connectivity index (χ4v) is 1.40. The second-order valence-corrected chi connectivity index (χ2v) is 3.72. The molecule has 0 spiro atoms. The largest absolute Gasteiger partial charge is 0.0998 e. The Labute approximate surface area is 87.0 Å². The monoisotopic (exact) mass is 186 g/mol. The molecule has 0 aliphatic carbocycles. The van der Waals surface area contributed by atoms with Crippen LogP contribution < -0.4 is 0 Å². The second kappa shape index (κ2) is 5.43. The average molecular weight is 186 g/mol. The number of allylic oxidation sites excluding steroid dienone is 3. The molecule has 0 saturated carbocycles. The molecule has 0 saturated heterocycles. The molecule has 0 heterocycles. The van der Waals surface area contributed by atoms with Crippen molar-refractivity contribution in [2.75, 3.05) is 0 Å². The summed E-state index contributed by atoms with van der Waals surface area (Å²) in [4.78, 5) is 0. The van der Waals surface area contributed by atoms with Gasteiger partial charge < -0.3 is 0 Å². The molecule has 0 nitrogen and oxygen atoms in total. The molecule has 14 heavy (non-hydrogen) atoms. The normalized spacial score (nSPS) is 10.7.